The number of hydrogen-bond acceptors (Lipinski definition) is 4. The van der Waals surface area contributed by atoms with E-state index in [-0.39, 0.29) is 6.61 Å². The Hall–Kier alpha value is -0.910. The van der Waals surface area contributed by atoms with Crippen LogP contribution in [0.1, 0.15) is 251 Å². The second-order valence-corrected chi connectivity index (χ2v) is 16.0. The Bertz CT molecular complexity index is 713. The number of carbonyl (C=O) groups excluding carboxylic acids is 1. The van der Waals surface area contributed by atoms with E-state index in [1.165, 1.54) is 193 Å². The predicted molar refractivity (Wildman–Crippen MR) is 222 cm³/mol. The Morgan fingerprint density at radius 3 is 1.08 bits per heavy atom. The first-order valence-corrected chi connectivity index (χ1v) is 23.0. The normalized spacial score (nSPS) is 13.6. The molecule has 0 aliphatic rings. The van der Waals surface area contributed by atoms with Crippen molar-refractivity contribution in [3.05, 3.63) is 12.2 Å². The molecule has 0 saturated carbocycles. The Balaban J connectivity index is 3.60. The van der Waals surface area contributed by atoms with Crippen LogP contribution in [-0.2, 0) is 4.79 Å². The fraction of sp³-hybridized carbons (Fsp3) is 0.935. The van der Waals surface area contributed by atoms with E-state index in [2.05, 4.69) is 31.3 Å². The van der Waals surface area contributed by atoms with Crippen LogP contribution in [0.4, 0.5) is 0 Å². The quantitative estimate of drug-likeness (QED) is 0.0373. The van der Waals surface area contributed by atoms with Gasteiger partial charge in [-0.3, -0.25) is 4.79 Å². The van der Waals surface area contributed by atoms with Gasteiger partial charge < -0.3 is 20.6 Å². The lowest BCUT2D eigenvalue weighted by Gasteiger charge is -2.23. The molecule has 51 heavy (non-hydrogen) atoms. The molecule has 5 nitrogen and oxygen atoms in total. The van der Waals surface area contributed by atoms with E-state index in [4.69, 9.17) is 0 Å². The monoisotopic (exact) mass is 722 g/mol. The summed E-state index contributed by atoms with van der Waals surface area (Å²) in [6.45, 7) is 4.25. The SMILES string of the molecule is CCCCCCCCCCCCC/C=C\CCCCCCCCC(O)C(=O)NC(CO)C(O)CCCCCCCCCCCCCCCCCC. The third-order valence-electron chi connectivity index (χ3n) is 10.9. The Labute approximate surface area is 319 Å². The zero-order valence-corrected chi connectivity index (χ0v) is 34.5. The van der Waals surface area contributed by atoms with Gasteiger partial charge in [0.15, 0.2) is 0 Å². The van der Waals surface area contributed by atoms with E-state index < -0.39 is 24.2 Å². The third kappa shape index (κ3) is 37.2. The topological polar surface area (TPSA) is 89.8 Å². The van der Waals surface area contributed by atoms with Crippen LogP contribution in [0.3, 0.4) is 0 Å². The van der Waals surface area contributed by atoms with Gasteiger partial charge in [0.2, 0.25) is 5.91 Å². The first-order valence-electron chi connectivity index (χ1n) is 23.0. The van der Waals surface area contributed by atoms with Crippen LogP contribution in [-0.4, -0.2) is 46.1 Å². The summed E-state index contributed by atoms with van der Waals surface area (Å²) >= 11 is 0. The van der Waals surface area contributed by atoms with Crippen LogP contribution in [0.25, 0.3) is 0 Å². The number of unbranched alkanes of at least 4 members (excludes halogenated alkanes) is 32. The number of nitrogens with one attached hydrogen (secondary N) is 1. The maximum atomic E-state index is 12.5. The van der Waals surface area contributed by atoms with Crippen molar-refractivity contribution >= 4 is 5.91 Å². The van der Waals surface area contributed by atoms with Crippen molar-refractivity contribution in [2.75, 3.05) is 6.61 Å². The number of aliphatic hydroxyl groups excluding tert-OH is 3. The first kappa shape index (κ1) is 50.1. The van der Waals surface area contributed by atoms with Gasteiger partial charge in [-0.2, -0.15) is 0 Å². The van der Waals surface area contributed by atoms with Gasteiger partial charge in [-0.25, -0.2) is 0 Å². The van der Waals surface area contributed by atoms with E-state index in [0.29, 0.717) is 12.8 Å². The summed E-state index contributed by atoms with van der Waals surface area (Å²) < 4.78 is 0. The molecule has 0 aromatic heterocycles. The van der Waals surface area contributed by atoms with Crippen molar-refractivity contribution in [1.29, 1.82) is 0 Å². The molecule has 3 unspecified atom stereocenters. The highest BCUT2D eigenvalue weighted by molar-refractivity contribution is 5.80. The zero-order chi connectivity index (χ0) is 37.3. The molecular formula is C46H91NO4. The molecule has 304 valence electrons. The molecule has 0 radical (unpaired) electrons. The molecule has 0 aliphatic carbocycles. The highest BCUT2D eigenvalue weighted by atomic mass is 16.3. The average Bonchev–Trinajstić information content (AvgIpc) is 3.13. The van der Waals surface area contributed by atoms with Gasteiger partial charge in [-0.15, -0.1) is 0 Å². The number of rotatable bonds is 42. The number of allylic oxidation sites excluding steroid dienone is 2. The van der Waals surface area contributed by atoms with Gasteiger partial charge in [0, 0.05) is 0 Å². The van der Waals surface area contributed by atoms with Crippen molar-refractivity contribution in [1.82, 2.24) is 5.32 Å². The van der Waals surface area contributed by atoms with E-state index in [0.717, 1.165) is 32.1 Å². The Morgan fingerprint density at radius 1 is 0.451 bits per heavy atom. The van der Waals surface area contributed by atoms with Crippen LogP contribution < -0.4 is 5.32 Å². The minimum atomic E-state index is -1.08. The molecule has 0 aliphatic heterocycles. The summed E-state index contributed by atoms with van der Waals surface area (Å²) in [5.41, 5.74) is 0. The Kier molecular flexibility index (Phi) is 41.1. The maximum Gasteiger partial charge on any atom is 0.249 e. The lowest BCUT2D eigenvalue weighted by molar-refractivity contribution is -0.131. The van der Waals surface area contributed by atoms with Crippen molar-refractivity contribution in [2.24, 2.45) is 0 Å². The second-order valence-electron chi connectivity index (χ2n) is 16.0. The number of amides is 1. The van der Waals surface area contributed by atoms with E-state index in [1.54, 1.807) is 0 Å². The Morgan fingerprint density at radius 2 is 0.745 bits per heavy atom. The zero-order valence-electron chi connectivity index (χ0n) is 34.5. The number of aliphatic hydroxyl groups is 3. The summed E-state index contributed by atoms with van der Waals surface area (Å²) in [5, 5.41) is 33.3. The van der Waals surface area contributed by atoms with Crippen molar-refractivity contribution < 1.29 is 20.1 Å². The maximum absolute atomic E-state index is 12.5. The van der Waals surface area contributed by atoms with Crippen LogP contribution in [0.15, 0.2) is 12.2 Å². The molecule has 4 N–H and O–H groups in total. The average molecular weight is 722 g/mol. The third-order valence-corrected chi connectivity index (χ3v) is 10.9. The van der Waals surface area contributed by atoms with Crippen molar-refractivity contribution in [3.63, 3.8) is 0 Å². The van der Waals surface area contributed by atoms with E-state index >= 15 is 0 Å². The van der Waals surface area contributed by atoms with Gasteiger partial charge in [0.05, 0.1) is 18.8 Å². The molecule has 0 aromatic rings. The molecule has 0 bridgehead atoms. The molecule has 5 heteroatoms. The highest BCUT2D eigenvalue weighted by Crippen LogP contribution is 2.16. The van der Waals surface area contributed by atoms with Gasteiger partial charge in [-0.1, -0.05) is 225 Å². The standard InChI is InChI=1S/C46H91NO4/c1-3-5-7-9-11-13-15-17-19-21-22-23-24-25-27-29-31-33-35-37-39-41-45(50)46(51)47-43(42-48)44(49)40-38-36-34-32-30-28-26-20-18-16-14-12-10-8-6-4-2/h24-25,43-45,48-50H,3-23,26-42H2,1-2H3,(H,47,51)/b25-24-. The van der Waals surface area contributed by atoms with Gasteiger partial charge in [-0.05, 0) is 38.5 Å². The fourth-order valence-electron chi connectivity index (χ4n) is 7.25. The summed E-state index contributed by atoms with van der Waals surface area (Å²) in [6.07, 6.45) is 49.3. The van der Waals surface area contributed by atoms with E-state index in [1.807, 2.05) is 0 Å². The highest BCUT2D eigenvalue weighted by Gasteiger charge is 2.23. The lowest BCUT2D eigenvalue weighted by Crippen LogP contribution is -2.49. The summed E-state index contributed by atoms with van der Waals surface area (Å²) in [6, 6.07) is -0.711. The molecule has 3 atom stereocenters. The number of carbonyl (C=O) groups is 1. The minimum absolute atomic E-state index is 0.312. The fourth-order valence-corrected chi connectivity index (χ4v) is 7.25. The summed E-state index contributed by atoms with van der Waals surface area (Å²) in [7, 11) is 0. The lowest BCUT2D eigenvalue weighted by atomic mass is 10.0. The van der Waals surface area contributed by atoms with Gasteiger partial charge >= 0.3 is 0 Å². The minimum Gasteiger partial charge on any atom is -0.394 e. The van der Waals surface area contributed by atoms with Crippen LogP contribution >= 0.6 is 0 Å². The van der Waals surface area contributed by atoms with E-state index in [9.17, 15) is 20.1 Å². The first-order chi connectivity index (χ1) is 25.1. The van der Waals surface area contributed by atoms with Crippen LogP contribution in [0.2, 0.25) is 0 Å². The molecule has 0 rings (SSSR count). The summed E-state index contributed by atoms with van der Waals surface area (Å²) in [4.78, 5) is 12.5. The molecule has 0 heterocycles. The predicted octanol–water partition coefficient (Wildman–Crippen LogP) is 13.2. The number of hydrogen-bond donors (Lipinski definition) is 4. The molecule has 0 aromatic carbocycles. The molecule has 0 saturated heterocycles. The molecule has 0 spiro atoms. The van der Waals surface area contributed by atoms with Gasteiger partial charge in [0.1, 0.15) is 6.10 Å². The van der Waals surface area contributed by atoms with Crippen molar-refractivity contribution in [2.45, 2.75) is 270 Å². The van der Waals surface area contributed by atoms with Crippen LogP contribution in [0.5, 0.6) is 0 Å². The van der Waals surface area contributed by atoms with Crippen LogP contribution in [0, 0.1) is 0 Å². The smallest absolute Gasteiger partial charge is 0.249 e. The molecular weight excluding hydrogens is 631 g/mol. The molecule has 1 amide bonds. The largest absolute Gasteiger partial charge is 0.394 e. The van der Waals surface area contributed by atoms with Crippen molar-refractivity contribution in [3.8, 4) is 0 Å². The molecule has 0 fully saturated rings. The summed E-state index contributed by atoms with van der Waals surface area (Å²) in [5.74, 6) is -0.472. The van der Waals surface area contributed by atoms with Gasteiger partial charge in [0.25, 0.3) is 0 Å². The second kappa shape index (κ2) is 41.8.